The molecular weight excluding hydrogens is 246 g/mol. The van der Waals surface area contributed by atoms with Crippen molar-refractivity contribution in [3.8, 4) is 11.8 Å². The maximum Gasteiger partial charge on any atom is 0.120 e. The van der Waals surface area contributed by atoms with Crippen LogP contribution in [0.1, 0.15) is 23.1 Å². The Labute approximate surface area is 118 Å². The van der Waals surface area contributed by atoms with Crippen LogP contribution in [0.25, 0.3) is 6.08 Å². The van der Waals surface area contributed by atoms with E-state index in [2.05, 4.69) is 24.3 Å². The lowest BCUT2D eigenvalue weighted by molar-refractivity contribution is 0.306. The summed E-state index contributed by atoms with van der Waals surface area (Å²) in [5.41, 5.74) is 4.42. The summed E-state index contributed by atoms with van der Waals surface area (Å²) >= 11 is 0. The Morgan fingerprint density at radius 2 is 1.90 bits per heavy atom. The van der Waals surface area contributed by atoms with Crippen LogP contribution in [0.3, 0.4) is 0 Å². The standard InChI is InChI=1S/C18H15NO/c19-12-15-6-7-17-11-18(9-8-16(17)10-15)20-13-14-4-2-1-3-5-14/h1-5,8-11H,6-7,13H2. The highest BCUT2D eigenvalue weighted by molar-refractivity contribution is 5.63. The highest BCUT2D eigenvalue weighted by atomic mass is 16.5. The van der Waals surface area contributed by atoms with Crippen molar-refractivity contribution in [1.29, 1.82) is 5.26 Å². The Kier molecular flexibility index (Phi) is 3.52. The average Bonchev–Trinajstić information content (AvgIpc) is 2.53. The summed E-state index contributed by atoms with van der Waals surface area (Å²) in [6.07, 6.45) is 3.71. The molecule has 0 bridgehead atoms. The predicted molar refractivity (Wildman–Crippen MR) is 79.1 cm³/mol. The van der Waals surface area contributed by atoms with E-state index in [1.807, 2.05) is 36.4 Å². The zero-order chi connectivity index (χ0) is 13.8. The van der Waals surface area contributed by atoms with Gasteiger partial charge in [-0.15, -0.1) is 0 Å². The largest absolute Gasteiger partial charge is 0.489 e. The van der Waals surface area contributed by atoms with Gasteiger partial charge in [-0.3, -0.25) is 0 Å². The number of fused-ring (bicyclic) bond motifs is 1. The van der Waals surface area contributed by atoms with E-state index >= 15 is 0 Å². The number of hydrogen-bond donors (Lipinski definition) is 0. The minimum Gasteiger partial charge on any atom is -0.489 e. The highest BCUT2D eigenvalue weighted by Gasteiger charge is 2.11. The highest BCUT2D eigenvalue weighted by Crippen LogP contribution is 2.27. The fourth-order valence-electron chi connectivity index (χ4n) is 2.39. The van der Waals surface area contributed by atoms with E-state index in [0.29, 0.717) is 6.61 Å². The smallest absolute Gasteiger partial charge is 0.120 e. The first kappa shape index (κ1) is 12.5. The van der Waals surface area contributed by atoms with Gasteiger partial charge in [0, 0.05) is 5.57 Å². The molecule has 0 saturated carbocycles. The lowest BCUT2D eigenvalue weighted by Crippen LogP contribution is -2.00. The monoisotopic (exact) mass is 261 g/mol. The first-order chi connectivity index (χ1) is 9.85. The van der Waals surface area contributed by atoms with Crippen molar-refractivity contribution < 1.29 is 4.74 Å². The van der Waals surface area contributed by atoms with Crippen molar-refractivity contribution >= 4 is 6.08 Å². The number of benzene rings is 2. The summed E-state index contributed by atoms with van der Waals surface area (Å²) in [7, 11) is 0. The molecule has 0 radical (unpaired) electrons. The van der Waals surface area contributed by atoms with E-state index in [9.17, 15) is 0 Å². The van der Waals surface area contributed by atoms with Gasteiger partial charge in [-0.05, 0) is 47.7 Å². The van der Waals surface area contributed by atoms with E-state index in [-0.39, 0.29) is 0 Å². The lowest BCUT2D eigenvalue weighted by atomic mass is 9.93. The van der Waals surface area contributed by atoms with Crippen molar-refractivity contribution in [3.63, 3.8) is 0 Å². The normalized spacial score (nSPS) is 13.1. The maximum atomic E-state index is 8.94. The Hall–Kier alpha value is -2.53. The van der Waals surface area contributed by atoms with Gasteiger partial charge >= 0.3 is 0 Å². The Bertz CT molecular complexity index is 680. The zero-order valence-corrected chi connectivity index (χ0v) is 11.2. The summed E-state index contributed by atoms with van der Waals surface area (Å²) in [4.78, 5) is 0. The van der Waals surface area contributed by atoms with Gasteiger partial charge in [0.25, 0.3) is 0 Å². The number of nitrogens with zero attached hydrogens (tertiary/aromatic N) is 1. The average molecular weight is 261 g/mol. The molecule has 0 atom stereocenters. The van der Waals surface area contributed by atoms with Crippen LogP contribution in [-0.2, 0) is 13.0 Å². The van der Waals surface area contributed by atoms with Gasteiger partial charge in [0.2, 0.25) is 0 Å². The van der Waals surface area contributed by atoms with E-state index in [1.54, 1.807) is 0 Å². The molecule has 0 spiro atoms. The van der Waals surface area contributed by atoms with Gasteiger partial charge < -0.3 is 4.74 Å². The summed E-state index contributed by atoms with van der Waals surface area (Å²) in [5, 5.41) is 8.94. The topological polar surface area (TPSA) is 33.0 Å². The number of hydrogen-bond acceptors (Lipinski definition) is 2. The fraction of sp³-hybridized carbons (Fsp3) is 0.167. The maximum absolute atomic E-state index is 8.94. The summed E-state index contributed by atoms with van der Waals surface area (Å²) in [6, 6.07) is 18.5. The number of nitriles is 1. The molecule has 20 heavy (non-hydrogen) atoms. The van der Waals surface area contributed by atoms with E-state index in [4.69, 9.17) is 10.00 Å². The lowest BCUT2D eigenvalue weighted by Gasteiger charge is -2.14. The Morgan fingerprint density at radius 3 is 2.70 bits per heavy atom. The van der Waals surface area contributed by atoms with Crippen LogP contribution in [0.15, 0.2) is 54.1 Å². The summed E-state index contributed by atoms with van der Waals surface area (Å²) in [6.45, 7) is 0.582. The molecule has 0 N–H and O–H groups in total. The molecule has 2 aromatic rings. The van der Waals surface area contributed by atoms with Crippen LogP contribution in [0.4, 0.5) is 0 Å². The second-order valence-electron chi connectivity index (χ2n) is 4.92. The van der Waals surface area contributed by atoms with Crippen LogP contribution in [0, 0.1) is 11.3 Å². The molecular formula is C18H15NO. The van der Waals surface area contributed by atoms with Gasteiger partial charge in [0.15, 0.2) is 0 Å². The number of aryl methyl sites for hydroxylation is 1. The molecule has 0 aromatic heterocycles. The summed E-state index contributed by atoms with van der Waals surface area (Å²) < 4.78 is 5.83. The minimum atomic E-state index is 0.582. The van der Waals surface area contributed by atoms with Crippen molar-refractivity contribution in [2.45, 2.75) is 19.4 Å². The number of ether oxygens (including phenoxy) is 1. The molecule has 3 rings (SSSR count). The predicted octanol–water partition coefficient (Wildman–Crippen LogP) is 4.12. The number of allylic oxidation sites excluding steroid dienone is 1. The van der Waals surface area contributed by atoms with Crippen molar-refractivity contribution in [3.05, 3.63) is 70.8 Å². The molecule has 0 saturated heterocycles. The Balaban J connectivity index is 1.74. The molecule has 0 amide bonds. The molecule has 2 heteroatoms. The van der Waals surface area contributed by atoms with E-state index in [1.165, 1.54) is 5.56 Å². The van der Waals surface area contributed by atoms with Crippen LogP contribution in [0.5, 0.6) is 5.75 Å². The van der Waals surface area contributed by atoms with Crippen LogP contribution < -0.4 is 4.74 Å². The van der Waals surface area contributed by atoms with Crippen LogP contribution in [0.2, 0.25) is 0 Å². The summed E-state index contributed by atoms with van der Waals surface area (Å²) in [5.74, 6) is 0.890. The molecule has 1 aliphatic carbocycles. The Morgan fingerprint density at radius 1 is 1.05 bits per heavy atom. The van der Waals surface area contributed by atoms with E-state index in [0.717, 1.165) is 35.3 Å². The molecule has 0 heterocycles. The third kappa shape index (κ3) is 2.73. The molecule has 0 aliphatic heterocycles. The van der Waals surface area contributed by atoms with Crippen LogP contribution in [-0.4, -0.2) is 0 Å². The van der Waals surface area contributed by atoms with Crippen LogP contribution >= 0.6 is 0 Å². The van der Waals surface area contributed by atoms with E-state index < -0.39 is 0 Å². The second kappa shape index (κ2) is 5.63. The van der Waals surface area contributed by atoms with Gasteiger partial charge in [-0.1, -0.05) is 36.4 Å². The van der Waals surface area contributed by atoms with Crippen molar-refractivity contribution in [2.75, 3.05) is 0 Å². The SMILES string of the molecule is N#CC1=Cc2ccc(OCc3ccccc3)cc2CC1. The van der Waals surface area contributed by atoms with Gasteiger partial charge in [0.1, 0.15) is 12.4 Å². The third-order valence-electron chi connectivity index (χ3n) is 3.50. The zero-order valence-electron chi connectivity index (χ0n) is 11.2. The molecule has 2 nitrogen and oxygen atoms in total. The van der Waals surface area contributed by atoms with Crippen molar-refractivity contribution in [2.24, 2.45) is 0 Å². The molecule has 0 fully saturated rings. The molecule has 0 unspecified atom stereocenters. The minimum absolute atomic E-state index is 0.582. The molecule has 98 valence electrons. The number of rotatable bonds is 3. The first-order valence-electron chi connectivity index (χ1n) is 6.75. The third-order valence-corrected chi connectivity index (χ3v) is 3.50. The second-order valence-corrected chi connectivity index (χ2v) is 4.92. The van der Waals surface area contributed by atoms with Gasteiger partial charge in [-0.25, -0.2) is 0 Å². The quantitative estimate of drug-likeness (QED) is 0.832. The van der Waals surface area contributed by atoms with Gasteiger partial charge in [-0.2, -0.15) is 5.26 Å². The van der Waals surface area contributed by atoms with Gasteiger partial charge in [0.05, 0.1) is 6.07 Å². The first-order valence-corrected chi connectivity index (χ1v) is 6.75. The van der Waals surface area contributed by atoms with Crippen molar-refractivity contribution in [1.82, 2.24) is 0 Å². The fourth-order valence-corrected chi connectivity index (χ4v) is 2.39. The molecule has 2 aromatic carbocycles. The molecule has 1 aliphatic rings.